The molecule has 0 saturated carbocycles. The Morgan fingerprint density at radius 1 is 1.32 bits per heavy atom. The molecule has 156 valence electrons. The topological polar surface area (TPSA) is 110 Å². The summed E-state index contributed by atoms with van der Waals surface area (Å²) in [4.78, 5) is 12.4. The van der Waals surface area contributed by atoms with E-state index in [9.17, 15) is 21.6 Å². The van der Waals surface area contributed by atoms with Crippen molar-refractivity contribution in [2.24, 2.45) is 5.92 Å². The van der Waals surface area contributed by atoms with Crippen molar-refractivity contribution in [2.75, 3.05) is 34.7 Å². The van der Waals surface area contributed by atoms with Crippen LogP contribution < -0.4 is 14.4 Å². The van der Waals surface area contributed by atoms with Gasteiger partial charge in [-0.15, -0.1) is 0 Å². The first-order chi connectivity index (χ1) is 13.2. The van der Waals surface area contributed by atoms with Crippen LogP contribution in [-0.2, 0) is 24.7 Å². The number of rotatable bonds is 6. The highest BCUT2D eigenvalue weighted by atomic mass is 32.2. The lowest BCUT2D eigenvalue weighted by atomic mass is 10.1. The number of anilines is 1. The fourth-order valence-electron chi connectivity index (χ4n) is 3.60. The summed E-state index contributed by atoms with van der Waals surface area (Å²) in [5.74, 6) is -0.736. The predicted octanol–water partition coefficient (Wildman–Crippen LogP) is 0.935. The first kappa shape index (κ1) is 20.9. The molecule has 1 aromatic carbocycles. The molecule has 1 saturated heterocycles. The lowest BCUT2D eigenvalue weighted by Crippen LogP contribution is -2.52. The SMILES string of the molecule is CCCNC(=O)[C@@H]1CN(S(=O)(=O)C[C@@H]2CCCS(=O)(=O)C2)c2ccccc2O1. The summed E-state index contributed by atoms with van der Waals surface area (Å²) >= 11 is 0. The van der Waals surface area contributed by atoms with Gasteiger partial charge >= 0.3 is 0 Å². The zero-order valence-electron chi connectivity index (χ0n) is 15.8. The Hall–Kier alpha value is -1.81. The van der Waals surface area contributed by atoms with Crippen LogP contribution >= 0.6 is 0 Å². The van der Waals surface area contributed by atoms with Gasteiger partial charge in [0.15, 0.2) is 15.9 Å². The van der Waals surface area contributed by atoms with Crippen molar-refractivity contribution in [3.05, 3.63) is 24.3 Å². The van der Waals surface area contributed by atoms with E-state index in [0.717, 1.165) is 6.42 Å². The monoisotopic (exact) mass is 430 g/mol. The molecular weight excluding hydrogens is 404 g/mol. The maximum Gasteiger partial charge on any atom is 0.263 e. The molecule has 0 bridgehead atoms. The summed E-state index contributed by atoms with van der Waals surface area (Å²) in [7, 11) is -7.03. The number of carbonyl (C=O) groups excluding carboxylic acids is 1. The Labute approximate surface area is 166 Å². The Morgan fingerprint density at radius 3 is 2.79 bits per heavy atom. The second-order valence-corrected chi connectivity index (χ2v) is 11.5. The summed E-state index contributed by atoms with van der Waals surface area (Å²) in [6.45, 7) is 2.27. The lowest BCUT2D eigenvalue weighted by Gasteiger charge is -2.35. The van der Waals surface area contributed by atoms with Crippen LogP contribution in [0.2, 0.25) is 0 Å². The van der Waals surface area contributed by atoms with Crippen LogP contribution in [0.1, 0.15) is 26.2 Å². The van der Waals surface area contributed by atoms with Gasteiger partial charge in [-0.1, -0.05) is 19.1 Å². The second-order valence-electron chi connectivity index (χ2n) is 7.30. The van der Waals surface area contributed by atoms with Gasteiger partial charge in [0.05, 0.1) is 29.5 Å². The van der Waals surface area contributed by atoms with Crippen LogP contribution in [0.25, 0.3) is 0 Å². The third-order valence-corrected chi connectivity index (χ3v) is 8.72. The quantitative estimate of drug-likeness (QED) is 0.719. The standard InChI is InChI=1S/C18H26N2O6S2/c1-2-9-19-18(21)17-11-20(15-7-3-4-8-16(15)26-17)28(24,25)13-14-6-5-10-27(22,23)12-14/h3-4,7-8,14,17H,2,5-6,9-13H2,1H3,(H,19,21)/t14-,17+/m1/s1. The number of nitrogens with one attached hydrogen (secondary N) is 1. The maximum absolute atomic E-state index is 13.2. The van der Waals surface area contributed by atoms with Gasteiger partial charge in [-0.25, -0.2) is 16.8 Å². The molecule has 8 nitrogen and oxygen atoms in total. The minimum absolute atomic E-state index is 0.112. The average molecular weight is 431 g/mol. The summed E-state index contributed by atoms with van der Waals surface area (Å²) in [5.41, 5.74) is 0.376. The van der Waals surface area contributed by atoms with Crippen molar-refractivity contribution in [2.45, 2.75) is 32.3 Å². The first-order valence-corrected chi connectivity index (χ1v) is 12.9. The van der Waals surface area contributed by atoms with E-state index in [1.165, 1.54) is 4.31 Å². The zero-order chi connectivity index (χ0) is 20.4. The van der Waals surface area contributed by atoms with Crippen LogP contribution in [0.3, 0.4) is 0 Å². The molecule has 0 radical (unpaired) electrons. The van der Waals surface area contributed by atoms with Gasteiger partial charge in [-0.05, 0) is 37.3 Å². The highest BCUT2D eigenvalue weighted by Gasteiger charge is 2.38. The molecule has 2 aliphatic heterocycles. The smallest absolute Gasteiger partial charge is 0.263 e. The average Bonchev–Trinajstić information content (AvgIpc) is 2.64. The molecule has 10 heteroatoms. The van der Waals surface area contributed by atoms with Gasteiger partial charge < -0.3 is 10.1 Å². The number of para-hydroxylation sites is 2. The molecule has 0 aromatic heterocycles. The number of nitrogens with zero attached hydrogens (tertiary/aromatic N) is 1. The van der Waals surface area contributed by atoms with Gasteiger partial charge in [0.2, 0.25) is 10.0 Å². The molecule has 2 heterocycles. The number of hydrogen-bond donors (Lipinski definition) is 1. The number of sulfonamides is 1. The molecule has 0 unspecified atom stereocenters. The third kappa shape index (κ3) is 4.78. The Kier molecular flexibility index (Phi) is 6.18. The molecule has 1 aromatic rings. The van der Waals surface area contributed by atoms with E-state index in [1.807, 2.05) is 6.92 Å². The van der Waals surface area contributed by atoms with Gasteiger partial charge in [-0.2, -0.15) is 0 Å². The van der Waals surface area contributed by atoms with Crippen molar-refractivity contribution in [1.29, 1.82) is 0 Å². The van der Waals surface area contributed by atoms with Crippen molar-refractivity contribution < 1.29 is 26.4 Å². The van der Waals surface area contributed by atoms with Crippen LogP contribution in [0.4, 0.5) is 5.69 Å². The van der Waals surface area contributed by atoms with Crippen molar-refractivity contribution >= 4 is 31.5 Å². The van der Waals surface area contributed by atoms with Gasteiger partial charge in [0.1, 0.15) is 5.75 Å². The van der Waals surface area contributed by atoms with Crippen molar-refractivity contribution in [3.8, 4) is 5.75 Å². The minimum Gasteiger partial charge on any atom is -0.476 e. The number of benzene rings is 1. The van der Waals surface area contributed by atoms with Gasteiger partial charge in [0.25, 0.3) is 5.91 Å². The second kappa shape index (κ2) is 8.28. The van der Waals surface area contributed by atoms with Crippen LogP contribution in [0, 0.1) is 5.92 Å². The number of fused-ring (bicyclic) bond motifs is 1. The fraction of sp³-hybridized carbons (Fsp3) is 0.611. The molecule has 0 spiro atoms. The highest BCUT2D eigenvalue weighted by molar-refractivity contribution is 7.93. The number of sulfone groups is 1. The Morgan fingerprint density at radius 2 is 2.07 bits per heavy atom. The van der Waals surface area contributed by atoms with Crippen LogP contribution in [0.15, 0.2) is 24.3 Å². The normalized spacial score (nSPS) is 24.1. The van der Waals surface area contributed by atoms with E-state index in [-0.39, 0.29) is 29.7 Å². The zero-order valence-corrected chi connectivity index (χ0v) is 17.5. The summed E-state index contributed by atoms with van der Waals surface area (Å²) in [6.07, 6.45) is 0.842. The van der Waals surface area contributed by atoms with E-state index in [2.05, 4.69) is 5.32 Å². The van der Waals surface area contributed by atoms with Crippen molar-refractivity contribution in [3.63, 3.8) is 0 Å². The molecule has 28 heavy (non-hydrogen) atoms. The molecular formula is C18H26N2O6S2. The van der Waals surface area contributed by atoms with E-state index in [0.29, 0.717) is 30.8 Å². The largest absolute Gasteiger partial charge is 0.476 e. The summed E-state index contributed by atoms with van der Waals surface area (Å²) in [5, 5.41) is 2.73. The van der Waals surface area contributed by atoms with E-state index < -0.39 is 31.9 Å². The first-order valence-electron chi connectivity index (χ1n) is 9.46. The molecule has 1 amide bonds. The number of hydrogen-bond acceptors (Lipinski definition) is 6. The Balaban J connectivity index is 1.84. The molecule has 0 aliphatic carbocycles. The van der Waals surface area contributed by atoms with Crippen molar-refractivity contribution in [1.82, 2.24) is 5.32 Å². The summed E-state index contributed by atoms with van der Waals surface area (Å²) in [6, 6.07) is 6.67. The van der Waals surface area contributed by atoms with E-state index in [1.54, 1.807) is 24.3 Å². The van der Waals surface area contributed by atoms with Crippen LogP contribution in [0.5, 0.6) is 5.75 Å². The summed E-state index contributed by atoms with van der Waals surface area (Å²) < 4.78 is 57.0. The molecule has 1 N–H and O–H groups in total. The molecule has 2 atom stereocenters. The number of ether oxygens (including phenoxy) is 1. The number of carbonyl (C=O) groups is 1. The molecule has 2 aliphatic rings. The van der Waals surface area contributed by atoms with Gasteiger partial charge in [-0.3, -0.25) is 9.10 Å². The van der Waals surface area contributed by atoms with Crippen LogP contribution in [-0.4, -0.2) is 59.2 Å². The van der Waals surface area contributed by atoms with E-state index >= 15 is 0 Å². The predicted molar refractivity (Wildman–Crippen MR) is 107 cm³/mol. The molecule has 1 fully saturated rings. The fourth-order valence-corrected chi connectivity index (χ4v) is 7.40. The highest BCUT2D eigenvalue weighted by Crippen LogP contribution is 2.36. The van der Waals surface area contributed by atoms with Gasteiger partial charge in [0, 0.05) is 6.54 Å². The third-order valence-electron chi connectivity index (χ3n) is 4.92. The Bertz CT molecular complexity index is 929. The maximum atomic E-state index is 13.2. The van der Waals surface area contributed by atoms with E-state index in [4.69, 9.17) is 4.74 Å². The lowest BCUT2D eigenvalue weighted by molar-refractivity contribution is -0.127. The number of amides is 1. The molecule has 3 rings (SSSR count). The minimum atomic E-state index is -3.82.